The van der Waals surface area contributed by atoms with E-state index in [-0.39, 0.29) is 28.6 Å². The Bertz CT molecular complexity index is 2040. The number of halogens is 1. The molecule has 3 heterocycles. The summed E-state index contributed by atoms with van der Waals surface area (Å²) >= 11 is 6.16. The number of methoxy groups -OCH3 is 1. The van der Waals surface area contributed by atoms with Crippen molar-refractivity contribution in [1.82, 2.24) is 19.0 Å². The fourth-order valence-electron chi connectivity index (χ4n) is 7.51. The van der Waals surface area contributed by atoms with Crippen LogP contribution >= 0.6 is 11.6 Å². The highest BCUT2D eigenvalue weighted by Gasteiger charge is 2.47. The number of aryl methyl sites for hydroxylation is 1. The molecule has 2 bridgehead atoms. The average Bonchev–Trinajstić information content (AvgIpc) is 3.44. The van der Waals surface area contributed by atoms with Crippen LogP contribution in [0.15, 0.2) is 54.6 Å². The molecule has 3 fully saturated rings. The van der Waals surface area contributed by atoms with Crippen molar-refractivity contribution in [2.24, 2.45) is 24.6 Å². The molecule has 3 atom stereocenters. The van der Waals surface area contributed by atoms with E-state index in [0.29, 0.717) is 35.2 Å². The number of amides is 1. The molecular formula is C35H34ClN5O4. The van der Waals surface area contributed by atoms with Gasteiger partial charge in [0.25, 0.3) is 5.91 Å². The maximum absolute atomic E-state index is 13.7. The molecule has 1 aliphatic heterocycles. The number of piperidine rings is 1. The van der Waals surface area contributed by atoms with Crippen LogP contribution in [0.25, 0.3) is 44.6 Å². The first-order chi connectivity index (χ1) is 21.7. The molecule has 5 aromatic rings. The van der Waals surface area contributed by atoms with Crippen LogP contribution < -0.4 is 10.5 Å². The Balaban J connectivity index is 1.24. The number of carbonyl (C=O) groups excluding carboxylic acids is 1. The number of carboxylic acids is 1. The van der Waals surface area contributed by atoms with Gasteiger partial charge in [0.05, 0.1) is 28.9 Å². The van der Waals surface area contributed by atoms with E-state index >= 15 is 0 Å². The van der Waals surface area contributed by atoms with Crippen molar-refractivity contribution in [3.63, 3.8) is 0 Å². The van der Waals surface area contributed by atoms with Gasteiger partial charge in [0.15, 0.2) is 5.82 Å². The van der Waals surface area contributed by atoms with Gasteiger partial charge in [-0.05, 0) is 85.0 Å². The van der Waals surface area contributed by atoms with Gasteiger partial charge < -0.3 is 29.6 Å². The third-order valence-electron chi connectivity index (χ3n) is 10.1. The summed E-state index contributed by atoms with van der Waals surface area (Å²) in [7, 11) is 3.61. The molecular weight excluding hydrogens is 590 g/mol. The predicted molar refractivity (Wildman–Crippen MR) is 174 cm³/mol. The SMILES string of the molecule is COc1cc(C(=O)N2C[C@H]3CC[C@@H]2[C@@H]3N)cc2nc(-c3cc4ccc(-c5ccc(Cl)c(C(=O)O)c5)cc4n3CC3CC3)n(C)c12. The molecule has 9 nitrogen and oxygen atoms in total. The zero-order chi connectivity index (χ0) is 31.1. The van der Waals surface area contributed by atoms with E-state index in [9.17, 15) is 14.7 Å². The maximum Gasteiger partial charge on any atom is 0.337 e. The molecule has 1 saturated heterocycles. The highest BCUT2D eigenvalue weighted by Crippen LogP contribution is 2.41. The molecule has 1 amide bonds. The number of ether oxygens (including phenoxy) is 1. The van der Waals surface area contributed by atoms with Gasteiger partial charge in [0.2, 0.25) is 0 Å². The fourth-order valence-corrected chi connectivity index (χ4v) is 7.71. The standard InChI is InChI=1S/C35H34ClN5O4/c1-39-32-26(12-23(15-30(32)45-2)34(42)41-17-22-8-10-27(41)31(22)37)38-33(39)29-14-21-6-5-20(13-28(21)40(29)16-18-3-4-18)19-7-9-25(36)24(11-19)35(43)44/h5-7,9,11-15,18,22,27,31H,3-4,8,10,16-17,37H2,1-2H3,(H,43,44)/t22-,27-,31-/m1/s1. The first-order valence-corrected chi connectivity index (χ1v) is 15.9. The van der Waals surface area contributed by atoms with Gasteiger partial charge in [0, 0.05) is 48.7 Å². The summed E-state index contributed by atoms with van der Waals surface area (Å²) in [5, 5.41) is 10.9. The van der Waals surface area contributed by atoms with Crippen LogP contribution in [0.4, 0.5) is 0 Å². The summed E-state index contributed by atoms with van der Waals surface area (Å²) in [5.74, 6) is 1.28. The summed E-state index contributed by atoms with van der Waals surface area (Å²) in [6, 6.07) is 17.3. The number of carbonyl (C=O) groups is 2. The van der Waals surface area contributed by atoms with E-state index in [0.717, 1.165) is 58.5 Å². The summed E-state index contributed by atoms with van der Waals surface area (Å²) < 4.78 is 10.2. The Kier molecular flexibility index (Phi) is 6.48. The van der Waals surface area contributed by atoms with Gasteiger partial charge in [-0.1, -0.05) is 29.8 Å². The third kappa shape index (κ3) is 4.51. The number of hydrogen-bond acceptors (Lipinski definition) is 5. The Hall–Kier alpha value is -4.34. The minimum absolute atomic E-state index is 0.0197. The number of hydrogen-bond donors (Lipinski definition) is 2. The van der Waals surface area contributed by atoms with Crippen LogP contribution in [-0.4, -0.2) is 61.7 Å². The minimum atomic E-state index is -1.05. The number of carboxylic acid groups (broad SMARTS) is 1. The molecule has 0 unspecified atom stereocenters. The van der Waals surface area contributed by atoms with Crippen LogP contribution in [-0.2, 0) is 13.6 Å². The number of nitrogens with zero attached hydrogens (tertiary/aromatic N) is 4. The van der Waals surface area contributed by atoms with E-state index in [1.165, 1.54) is 12.8 Å². The van der Waals surface area contributed by atoms with Crippen molar-refractivity contribution < 1.29 is 19.4 Å². The molecule has 0 spiro atoms. The van der Waals surface area contributed by atoms with Crippen LogP contribution in [0.3, 0.4) is 0 Å². The Morgan fingerprint density at radius 1 is 1.04 bits per heavy atom. The predicted octanol–water partition coefficient (Wildman–Crippen LogP) is 6.19. The van der Waals surface area contributed by atoms with Crippen molar-refractivity contribution in [1.29, 1.82) is 0 Å². The maximum atomic E-state index is 13.7. The lowest BCUT2D eigenvalue weighted by Gasteiger charge is -2.27. The lowest BCUT2D eigenvalue weighted by Crippen LogP contribution is -2.41. The lowest BCUT2D eigenvalue weighted by molar-refractivity contribution is 0.0689. The highest BCUT2D eigenvalue weighted by atomic mass is 35.5. The summed E-state index contributed by atoms with van der Waals surface area (Å²) in [4.78, 5) is 32.5. The molecule has 3 N–H and O–H groups in total. The van der Waals surface area contributed by atoms with Crippen molar-refractivity contribution in [3.8, 4) is 28.4 Å². The second kappa shape index (κ2) is 10.4. The Morgan fingerprint density at radius 3 is 2.51 bits per heavy atom. The Labute approximate surface area is 265 Å². The van der Waals surface area contributed by atoms with Crippen molar-refractivity contribution in [3.05, 3.63) is 70.7 Å². The van der Waals surface area contributed by atoms with Gasteiger partial charge in [0.1, 0.15) is 11.3 Å². The second-order valence-corrected chi connectivity index (χ2v) is 13.2. The number of fused-ring (bicyclic) bond motifs is 4. The van der Waals surface area contributed by atoms with Crippen molar-refractivity contribution in [2.45, 2.75) is 44.3 Å². The topological polar surface area (TPSA) is 116 Å². The number of imidazole rings is 1. The number of aromatic carboxylic acids is 1. The third-order valence-corrected chi connectivity index (χ3v) is 10.4. The zero-order valence-corrected chi connectivity index (χ0v) is 25.9. The quantitative estimate of drug-likeness (QED) is 0.223. The molecule has 10 heteroatoms. The van der Waals surface area contributed by atoms with E-state index < -0.39 is 5.97 Å². The minimum Gasteiger partial charge on any atom is -0.494 e. The monoisotopic (exact) mass is 623 g/mol. The van der Waals surface area contributed by atoms with Gasteiger partial charge in [-0.25, -0.2) is 9.78 Å². The van der Waals surface area contributed by atoms with Crippen molar-refractivity contribution in [2.75, 3.05) is 13.7 Å². The normalized spacial score (nSPS) is 20.9. The molecule has 8 rings (SSSR count). The molecule has 2 aliphatic carbocycles. The van der Waals surface area contributed by atoms with E-state index in [1.807, 2.05) is 40.8 Å². The smallest absolute Gasteiger partial charge is 0.337 e. The zero-order valence-electron chi connectivity index (χ0n) is 25.2. The summed E-state index contributed by atoms with van der Waals surface area (Å²) in [5.41, 5.74) is 12.3. The first-order valence-electron chi connectivity index (χ1n) is 15.5. The fraction of sp³-hybridized carbons (Fsp3) is 0.343. The molecule has 3 aromatic carbocycles. The lowest BCUT2D eigenvalue weighted by atomic mass is 10.0. The average molecular weight is 624 g/mol. The summed E-state index contributed by atoms with van der Waals surface area (Å²) in [6.07, 6.45) is 4.40. The molecule has 3 aliphatic rings. The van der Waals surface area contributed by atoms with Crippen LogP contribution in [0.1, 0.15) is 46.4 Å². The number of aromatic nitrogens is 3. The van der Waals surface area contributed by atoms with Crippen molar-refractivity contribution >= 4 is 45.4 Å². The van der Waals surface area contributed by atoms with Gasteiger partial charge in [-0.3, -0.25) is 4.79 Å². The molecule has 2 aromatic heterocycles. The molecule has 0 radical (unpaired) electrons. The molecule has 45 heavy (non-hydrogen) atoms. The largest absolute Gasteiger partial charge is 0.494 e. The summed E-state index contributed by atoms with van der Waals surface area (Å²) in [6.45, 7) is 1.56. The van der Waals surface area contributed by atoms with Gasteiger partial charge in [-0.2, -0.15) is 0 Å². The molecule has 230 valence electrons. The van der Waals surface area contributed by atoms with Gasteiger partial charge >= 0.3 is 5.97 Å². The molecule has 2 saturated carbocycles. The number of likely N-dealkylation sites (tertiary alicyclic amines) is 1. The number of nitrogens with two attached hydrogens (primary N) is 1. The van der Waals surface area contributed by atoms with E-state index in [1.54, 1.807) is 19.2 Å². The van der Waals surface area contributed by atoms with E-state index in [2.05, 4.69) is 22.8 Å². The highest BCUT2D eigenvalue weighted by molar-refractivity contribution is 6.33. The Morgan fingerprint density at radius 2 is 1.82 bits per heavy atom. The van der Waals surface area contributed by atoms with Crippen LogP contribution in [0, 0.1) is 11.8 Å². The number of rotatable bonds is 7. The van der Waals surface area contributed by atoms with Crippen LogP contribution in [0.5, 0.6) is 5.75 Å². The second-order valence-electron chi connectivity index (χ2n) is 12.8. The number of benzene rings is 3. The van der Waals surface area contributed by atoms with Gasteiger partial charge in [-0.15, -0.1) is 0 Å². The van der Waals surface area contributed by atoms with E-state index in [4.69, 9.17) is 27.1 Å². The first kappa shape index (κ1) is 28.2. The van der Waals surface area contributed by atoms with Crippen LogP contribution in [0.2, 0.25) is 5.02 Å².